The van der Waals surface area contributed by atoms with Gasteiger partial charge in [-0.3, -0.25) is 4.79 Å². The molecule has 2 aromatic carbocycles. The van der Waals surface area contributed by atoms with Gasteiger partial charge in [-0.25, -0.2) is 0 Å². The second kappa shape index (κ2) is 6.77. The van der Waals surface area contributed by atoms with Crippen molar-refractivity contribution in [3.8, 4) is 0 Å². The van der Waals surface area contributed by atoms with Crippen LogP contribution in [0.25, 0.3) is 0 Å². The Bertz CT molecular complexity index is 685. The first kappa shape index (κ1) is 16.1. The van der Waals surface area contributed by atoms with E-state index < -0.39 is 5.60 Å². The second-order valence-corrected chi connectivity index (χ2v) is 7.25. The summed E-state index contributed by atoms with van der Waals surface area (Å²) < 4.78 is 0. The van der Waals surface area contributed by atoms with Crippen molar-refractivity contribution < 1.29 is 9.90 Å². The Kier molecular flexibility index (Phi) is 4.74. The van der Waals surface area contributed by atoms with Crippen LogP contribution in [0.2, 0.25) is 0 Å². The summed E-state index contributed by atoms with van der Waals surface area (Å²) in [6.45, 7) is 1.69. The van der Waals surface area contributed by atoms with Crippen LogP contribution < -0.4 is 5.32 Å². The Morgan fingerprint density at radius 2 is 1.91 bits per heavy atom. The highest BCUT2D eigenvalue weighted by molar-refractivity contribution is 7.99. The topological polar surface area (TPSA) is 49.3 Å². The molecular formula is C19H21NO2S. The van der Waals surface area contributed by atoms with Crippen molar-refractivity contribution >= 4 is 17.7 Å². The summed E-state index contributed by atoms with van der Waals surface area (Å²) in [6, 6.07) is 17.6. The molecule has 0 spiro atoms. The van der Waals surface area contributed by atoms with E-state index in [1.165, 1.54) is 10.5 Å². The number of amides is 1. The predicted molar refractivity (Wildman–Crippen MR) is 93.3 cm³/mol. The zero-order chi connectivity index (χ0) is 16.3. The van der Waals surface area contributed by atoms with Crippen LogP contribution in [-0.4, -0.2) is 16.8 Å². The van der Waals surface area contributed by atoms with Crippen molar-refractivity contribution in [2.75, 3.05) is 5.75 Å². The molecule has 2 atom stereocenters. The van der Waals surface area contributed by atoms with Crippen LogP contribution in [0, 0.1) is 0 Å². The Morgan fingerprint density at radius 1 is 1.22 bits per heavy atom. The molecule has 23 heavy (non-hydrogen) atoms. The van der Waals surface area contributed by atoms with Gasteiger partial charge in [0.25, 0.3) is 0 Å². The number of benzene rings is 2. The van der Waals surface area contributed by atoms with E-state index in [9.17, 15) is 9.90 Å². The summed E-state index contributed by atoms with van der Waals surface area (Å²) in [5, 5.41) is 13.7. The third-order valence-corrected chi connectivity index (χ3v) is 5.32. The zero-order valence-corrected chi connectivity index (χ0v) is 14.0. The lowest BCUT2D eigenvalue weighted by atomic mass is 9.92. The fourth-order valence-electron chi connectivity index (χ4n) is 2.95. The second-order valence-electron chi connectivity index (χ2n) is 6.11. The Labute approximate surface area is 141 Å². The quantitative estimate of drug-likeness (QED) is 0.901. The number of nitrogens with one attached hydrogen (secondary N) is 1. The molecule has 4 heteroatoms. The van der Waals surface area contributed by atoms with E-state index in [0.717, 1.165) is 17.7 Å². The van der Waals surface area contributed by atoms with Gasteiger partial charge in [0.05, 0.1) is 18.1 Å². The molecule has 1 amide bonds. The van der Waals surface area contributed by atoms with Crippen LogP contribution in [0.3, 0.4) is 0 Å². The van der Waals surface area contributed by atoms with Crippen molar-refractivity contribution in [1.82, 2.24) is 5.32 Å². The third-order valence-electron chi connectivity index (χ3n) is 4.19. The molecule has 3 nitrogen and oxygen atoms in total. The molecule has 120 valence electrons. The van der Waals surface area contributed by atoms with Gasteiger partial charge in [-0.15, -0.1) is 11.8 Å². The highest BCUT2D eigenvalue weighted by Gasteiger charge is 2.29. The molecule has 0 saturated heterocycles. The van der Waals surface area contributed by atoms with Crippen LogP contribution in [0.5, 0.6) is 0 Å². The largest absolute Gasteiger partial charge is 0.385 e. The Balaban J connectivity index is 1.69. The zero-order valence-electron chi connectivity index (χ0n) is 13.2. The Morgan fingerprint density at radius 3 is 2.70 bits per heavy atom. The van der Waals surface area contributed by atoms with E-state index in [1.54, 1.807) is 6.92 Å². The van der Waals surface area contributed by atoms with Crippen LogP contribution >= 0.6 is 11.8 Å². The minimum absolute atomic E-state index is 0.0338. The summed E-state index contributed by atoms with van der Waals surface area (Å²) in [4.78, 5) is 13.7. The van der Waals surface area contributed by atoms with E-state index in [2.05, 4.69) is 17.4 Å². The van der Waals surface area contributed by atoms with Crippen molar-refractivity contribution in [3.63, 3.8) is 0 Å². The van der Waals surface area contributed by atoms with Gasteiger partial charge in [-0.2, -0.15) is 0 Å². The number of hydrogen-bond acceptors (Lipinski definition) is 3. The number of aliphatic hydroxyl groups is 1. The average molecular weight is 327 g/mol. The maximum atomic E-state index is 12.4. The number of hydrogen-bond donors (Lipinski definition) is 2. The highest BCUT2D eigenvalue weighted by Crippen LogP contribution is 2.36. The standard InChI is InChI=1S/C19H21NO2S/c1-19(22,14-7-3-2-4-8-14)13-18(21)20-16-11-12-23-17-10-6-5-9-15(16)17/h2-10,16,22H,11-13H2,1H3,(H,20,21). The van der Waals surface area contributed by atoms with Gasteiger partial charge in [0, 0.05) is 10.6 Å². The fraction of sp³-hybridized carbons (Fsp3) is 0.316. The number of carbonyl (C=O) groups excluding carboxylic acids is 1. The summed E-state index contributed by atoms with van der Waals surface area (Å²) in [5.41, 5.74) is 0.778. The SMILES string of the molecule is CC(O)(CC(=O)NC1CCSc2ccccc21)c1ccccc1. The normalized spacial score (nSPS) is 19.5. The van der Waals surface area contributed by atoms with Crippen LogP contribution in [0.4, 0.5) is 0 Å². The van der Waals surface area contributed by atoms with Gasteiger partial charge in [-0.1, -0.05) is 48.5 Å². The van der Waals surface area contributed by atoms with Crippen LogP contribution in [-0.2, 0) is 10.4 Å². The first-order chi connectivity index (χ1) is 11.1. The molecule has 3 rings (SSSR count). The van der Waals surface area contributed by atoms with Gasteiger partial charge in [0.2, 0.25) is 5.91 Å². The molecule has 0 bridgehead atoms. The molecule has 0 fully saturated rings. The van der Waals surface area contributed by atoms with Crippen molar-refractivity contribution in [2.24, 2.45) is 0 Å². The van der Waals surface area contributed by atoms with Gasteiger partial charge in [0.15, 0.2) is 0 Å². The fourth-order valence-corrected chi connectivity index (χ4v) is 4.07. The first-order valence-corrected chi connectivity index (χ1v) is 8.84. The van der Waals surface area contributed by atoms with Crippen molar-refractivity contribution in [1.29, 1.82) is 0 Å². The molecule has 1 aliphatic heterocycles. The maximum absolute atomic E-state index is 12.4. The number of thioether (sulfide) groups is 1. The smallest absolute Gasteiger partial charge is 0.223 e. The van der Waals surface area contributed by atoms with Crippen LogP contribution in [0.15, 0.2) is 59.5 Å². The molecule has 0 saturated carbocycles. The van der Waals surface area contributed by atoms with Crippen molar-refractivity contribution in [2.45, 2.75) is 36.3 Å². The molecule has 0 aliphatic carbocycles. The Hall–Kier alpha value is -1.78. The first-order valence-electron chi connectivity index (χ1n) is 7.85. The number of fused-ring (bicyclic) bond motifs is 1. The summed E-state index contributed by atoms with van der Waals surface area (Å²) in [6.07, 6.45) is 0.976. The third kappa shape index (κ3) is 3.77. The molecule has 2 aromatic rings. The van der Waals surface area contributed by atoms with E-state index in [0.29, 0.717) is 0 Å². The molecule has 1 aliphatic rings. The molecular weight excluding hydrogens is 306 g/mol. The molecule has 2 N–H and O–H groups in total. The lowest BCUT2D eigenvalue weighted by Crippen LogP contribution is -2.36. The van der Waals surface area contributed by atoms with Crippen LogP contribution in [0.1, 0.15) is 36.9 Å². The van der Waals surface area contributed by atoms with Crippen molar-refractivity contribution in [3.05, 3.63) is 65.7 Å². The number of carbonyl (C=O) groups is 1. The van der Waals surface area contributed by atoms with Gasteiger partial charge in [0.1, 0.15) is 0 Å². The molecule has 0 radical (unpaired) electrons. The maximum Gasteiger partial charge on any atom is 0.223 e. The molecule has 0 aromatic heterocycles. The monoisotopic (exact) mass is 327 g/mol. The van der Waals surface area contributed by atoms with E-state index in [-0.39, 0.29) is 18.4 Å². The molecule has 2 unspecified atom stereocenters. The van der Waals surface area contributed by atoms with E-state index in [4.69, 9.17) is 0 Å². The summed E-state index contributed by atoms with van der Waals surface area (Å²) >= 11 is 1.83. The molecule has 1 heterocycles. The lowest BCUT2D eigenvalue weighted by molar-refractivity contribution is -0.126. The predicted octanol–water partition coefficient (Wildman–Crippen LogP) is 3.64. The highest BCUT2D eigenvalue weighted by atomic mass is 32.2. The minimum Gasteiger partial charge on any atom is -0.385 e. The van der Waals surface area contributed by atoms with Gasteiger partial charge < -0.3 is 10.4 Å². The van der Waals surface area contributed by atoms with E-state index in [1.807, 2.05) is 54.2 Å². The summed E-state index contributed by atoms with van der Waals surface area (Å²) in [7, 11) is 0. The van der Waals surface area contributed by atoms with Gasteiger partial charge >= 0.3 is 0 Å². The minimum atomic E-state index is -1.16. The summed E-state index contributed by atoms with van der Waals surface area (Å²) in [5.74, 6) is 0.877. The van der Waals surface area contributed by atoms with Gasteiger partial charge in [-0.05, 0) is 30.5 Å². The average Bonchev–Trinajstić information content (AvgIpc) is 2.55. The lowest BCUT2D eigenvalue weighted by Gasteiger charge is -2.28. The number of rotatable bonds is 4. The van der Waals surface area contributed by atoms with E-state index >= 15 is 0 Å².